The quantitative estimate of drug-likeness (QED) is 0.198. The molecule has 0 amide bonds. The van der Waals surface area contributed by atoms with E-state index in [2.05, 4.69) is 100 Å². The molecule has 6 heteroatoms. The molecular weight excluding hydrogens is 544 g/mol. The third kappa shape index (κ3) is 4.41. The van der Waals surface area contributed by atoms with Crippen molar-refractivity contribution in [2.75, 3.05) is 13.2 Å². The van der Waals surface area contributed by atoms with Crippen molar-refractivity contribution in [2.45, 2.75) is 38.8 Å². The van der Waals surface area contributed by atoms with Gasteiger partial charge in [-0.2, -0.15) is 0 Å². The molecule has 44 heavy (non-hydrogen) atoms. The largest absolute Gasteiger partial charge is 0.474 e. The fraction of sp³-hybridized carbons (Fsp3) is 0.211. The number of benzene rings is 4. The zero-order valence-electron chi connectivity index (χ0n) is 25.3. The van der Waals surface area contributed by atoms with Crippen molar-refractivity contribution >= 4 is 44.1 Å². The van der Waals surface area contributed by atoms with Crippen LogP contribution in [0.15, 0.2) is 107 Å². The average molecular weight is 577 g/mol. The van der Waals surface area contributed by atoms with Gasteiger partial charge < -0.3 is 9.47 Å². The lowest BCUT2D eigenvalue weighted by Gasteiger charge is -2.18. The summed E-state index contributed by atoms with van der Waals surface area (Å²) in [7, 11) is 0. The molecule has 0 saturated heterocycles. The molecule has 2 aliphatic heterocycles. The predicted octanol–water partition coefficient (Wildman–Crippen LogP) is 8.38. The van der Waals surface area contributed by atoms with Gasteiger partial charge >= 0.3 is 0 Å². The minimum Gasteiger partial charge on any atom is -0.474 e. The van der Waals surface area contributed by atoms with Gasteiger partial charge in [-0.3, -0.25) is 9.97 Å². The van der Waals surface area contributed by atoms with E-state index in [1.54, 1.807) is 0 Å². The van der Waals surface area contributed by atoms with Gasteiger partial charge in [-0.1, -0.05) is 72.8 Å². The standard InChI is InChI=1S/C38H32N4O2/c1-37(2)21-43-35(41-37)31-17-13-23(19-39-31)25-15-16-26(24-14-18-32(40-20-24)36-42-38(3,4)22-44-36)34-30-12-8-6-10-28(30)27-9-5-7-11-29(27)33(25)34/h5-20H,21-22H2,1-4H3. The molecule has 2 aromatic heterocycles. The number of aliphatic imine (C=N–C) groups is 2. The molecule has 0 aliphatic carbocycles. The lowest BCUT2D eigenvalue weighted by molar-refractivity contribution is 0.279. The molecule has 0 spiro atoms. The molecular formula is C38H32N4O2. The van der Waals surface area contributed by atoms with Crippen molar-refractivity contribution < 1.29 is 9.47 Å². The van der Waals surface area contributed by atoms with Crippen LogP contribution in [0.3, 0.4) is 0 Å². The van der Waals surface area contributed by atoms with Crippen molar-refractivity contribution in [2.24, 2.45) is 9.98 Å². The summed E-state index contributed by atoms with van der Waals surface area (Å²) >= 11 is 0. The molecule has 0 bridgehead atoms. The van der Waals surface area contributed by atoms with Crippen LogP contribution < -0.4 is 0 Å². The van der Waals surface area contributed by atoms with E-state index in [0.717, 1.165) is 33.6 Å². The highest BCUT2D eigenvalue weighted by Crippen LogP contribution is 2.44. The second-order valence-electron chi connectivity index (χ2n) is 12.9. The first-order valence-electron chi connectivity index (χ1n) is 15.0. The van der Waals surface area contributed by atoms with Gasteiger partial charge in [0.05, 0.1) is 11.1 Å². The van der Waals surface area contributed by atoms with Crippen LogP contribution in [-0.2, 0) is 9.47 Å². The topological polar surface area (TPSA) is 69.0 Å². The zero-order chi connectivity index (χ0) is 30.1. The summed E-state index contributed by atoms with van der Waals surface area (Å²) in [5.74, 6) is 1.21. The molecule has 4 aromatic carbocycles. The van der Waals surface area contributed by atoms with Gasteiger partial charge in [-0.25, -0.2) is 9.98 Å². The number of aromatic nitrogens is 2. The van der Waals surface area contributed by atoms with Gasteiger partial charge in [0.2, 0.25) is 11.8 Å². The smallest absolute Gasteiger partial charge is 0.236 e. The fourth-order valence-corrected chi connectivity index (χ4v) is 6.31. The molecule has 8 rings (SSSR count). The van der Waals surface area contributed by atoms with E-state index >= 15 is 0 Å². The highest BCUT2D eigenvalue weighted by molar-refractivity contribution is 6.31. The predicted molar refractivity (Wildman–Crippen MR) is 179 cm³/mol. The molecule has 6 aromatic rings. The Balaban J connectivity index is 1.34. The summed E-state index contributed by atoms with van der Waals surface area (Å²) in [5.41, 5.74) is 5.36. The molecule has 0 fully saturated rings. The molecule has 0 unspecified atom stereocenters. The Morgan fingerprint density at radius 1 is 0.500 bits per heavy atom. The first-order chi connectivity index (χ1) is 21.3. The Morgan fingerprint density at radius 3 is 1.25 bits per heavy atom. The first-order valence-corrected chi connectivity index (χ1v) is 15.0. The Labute approximate surface area is 256 Å². The number of hydrogen-bond acceptors (Lipinski definition) is 6. The monoisotopic (exact) mass is 576 g/mol. The maximum Gasteiger partial charge on any atom is 0.236 e. The third-order valence-corrected chi connectivity index (χ3v) is 8.41. The van der Waals surface area contributed by atoms with E-state index in [4.69, 9.17) is 29.4 Å². The van der Waals surface area contributed by atoms with E-state index in [-0.39, 0.29) is 11.1 Å². The summed E-state index contributed by atoms with van der Waals surface area (Å²) in [6.07, 6.45) is 3.87. The molecule has 6 nitrogen and oxygen atoms in total. The van der Waals surface area contributed by atoms with Crippen molar-refractivity contribution in [3.63, 3.8) is 0 Å². The van der Waals surface area contributed by atoms with Gasteiger partial charge in [-0.05, 0) is 83.3 Å². The summed E-state index contributed by atoms with van der Waals surface area (Å²) in [5, 5.41) is 7.23. The van der Waals surface area contributed by atoms with Crippen LogP contribution in [-0.4, -0.2) is 46.1 Å². The summed E-state index contributed by atoms with van der Waals surface area (Å²) in [4.78, 5) is 19.0. The summed E-state index contributed by atoms with van der Waals surface area (Å²) in [6, 6.07) is 30.0. The van der Waals surface area contributed by atoms with E-state index in [9.17, 15) is 0 Å². The maximum absolute atomic E-state index is 5.86. The SMILES string of the molecule is CC1(C)COC(c2ccc(-c3ccc(-c4ccc(C5=NC(C)(C)CO5)nc4)c4c5ccccc5c5ccccc5c34)cn2)=N1. The Kier molecular flexibility index (Phi) is 5.85. The third-order valence-electron chi connectivity index (χ3n) is 8.41. The van der Waals surface area contributed by atoms with Crippen LogP contribution in [0.5, 0.6) is 0 Å². The Bertz CT molecular complexity index is 2010. The number of fused-ring (bicyclic) bond motifs is 6. The maximum atomic E-state index is 5.86. The van der Waals surface area contributed by atoms with E-state index < -0.39 is 0 Å². The number of nitrogens with zero attached hydrogens (tertiary/aromatic N) is 4. The lowest BCUT2D eigenvalue weighted by Crippen LogP contribution is -2.17. The molecule has 0 saturated carbocycles. The highest BCUT2D eigenvalue weighted by Gasteiger charge is 2.29. The summed E-state index contributed by atoms with van der Waals surface area (Å²) < 4.78 is 11.7. The lowest BCUT2D eigenvalue weighted by atomic mass is 9.86. The van der Waals surface area contributed by atoms with Crippen LogP contribution in [0.1, 0.15) is 39.1 Å². The Morgan fingerprint density at radius 2 is 0.909 bits per heavy atom. The van der Waals surface area contributed by atoms with E-state index in [0.29, 0.717) is 25.0 Å². The van der Waals surface area contributed by atoms with Crippen molar-refractivity contribution in [1.82, 2.24) is 9.97 Å². The minimum atomic E-state index is -0.233. The van der Waals surface area contributed by atoms with Crippen molar-refractivity contribution in [3.8, 4) is 22.3 Å². The minimum absolute atomic E-state index is 0.233. The molecule has 0 N–H and O–H groups in total. The average Bonchev–Trinajstić information content (AvgIpc) is 3.61. The number of pyridine rings is 2. The highest BCUT2D eigenvalue weighted by atomic mass is 16.5. The second kappa shape index (κ2) is 9.71. The zero-order valence-corrected chi connectivity index (χ0v) is 25.3. The van der Waals surface area contributed by atoms with Crippen LogP contribution in [0.4, 0.5) is 0 Å². The van der Waals surface area contributed by atoms with Crippen LogP contribution in [0.2, 0.25) is 0 Å². The molecule has 0 atom stereocenters. The normalized spacial score (nSPS) is 17.0. The van der Waals surface area contributed by atoms with Gasteiger partial charge in [0.25, 0.3) is 0 Å². The fourth-order valence-electron chi connectivity index (χ4n) is 6.31. The van der Waals surface area contributed by atoms with Gasteiger partial charge in [0.1, 0.15) is 24.6 Å². The second-order valence-corrected chi connectivity index (χ2v) is 12.9. The number of hydrogen-bond donors (Lipinski definition) is 0. The van der Waals surface area contributed by atoms with Crippen LogP contribution in [0.25, 0.3) is 54.6 Å². The van der Waals surface area contributed by atoms with E-state index in [1.165, 1.54) is 32.3 Å². The van der Waals surface area contributed by atoms with Gasteiger partial charge in [0, 0.05) is 23.5 Å². The first kappa shape index (κ1) is 26.5. The molecule has 2 aliphatic rings. The van der Waals surface area contributed by atoms with Crippen molar-refractivity contribution in [1.29, 1.82) is 0 Å². The summed E-state index contributed by atoms with van der Waals surface area (Å²) in [6.45, 7) is 9.39. The van der Waals surface area contributed by atoms with Gasteiger partial charge in [-0.15, -0.1) is 0 Å². The number of ether oxygens (including phenoxy) is 2. The van der Waals surface area contributed by atoms with E-state index in [1.807, 2.05) is 24.5 Å². The van der Waals surface area contributed by atoms with Gasteiger partial charge in [0.15, 0.2) is 0 Å². The van der Waals surface area contributed by atoms with Crippen molar-refractivity contribution in [3.05, 3.63) is 109 Å². The molecule has 216 valence electrons. The molecule has 4 heterocycles. The Hall–Kier alpha value is -5.10. The molecule has 0 radical (unpaired) electrons. The van der Waals surface area contributed by atoms with Crippen LogP contribution >= 0.6 is 0 Å². The number of rotatable bonds is 4. The van der Waals surface area contributed by atoms with Crippen LogP contribution in [0, 0.1) is 0 Å².